The van der Waals surface area contributed by atoms with E-state index in [-0.39, 0.29) is 0 Å². The summed E-state index contributed by atoms with van der Waals surface area (Å²) >= 11 is 0. The van der Waals surface area contributed by atoms with Gasteiger partial charge in [-0.1, -0.05) is 6.08 Å². The van der Waals surface area contributed by atoms with Crippen LogP contribution >= 0.6 is 0 Å². The second-order valence-electron chi connectivity index (χ2n) is 7.16. The lowest BCUT2D eigenvalue weighted by Crippen LogP contribution is -2.32. The van der Waals surface area contributed by atoms with Crippen molar-refractivity contribution < 1.29 is 48.7 Å². The Kier molecular flexibility index (Phi) is 8.36. The zero-order chi connectivity index (χ0) is 26.6. The fourth-order valence-electron chi connectivity index (χ4n) is 2.62. The number of aromatic nitrogens is 1. The van der Waals surface area contributed by atoms with Crippen LogP contribution in [-0.2, 0) is 22.6 Å². The summed E-state index contributed by atoms with van der Waals surface area (Å²) < 4.78 is 117. The number of amides is 1. The van der Waals surface area contributed by atoms with E-state index >= 15 is 0 Å². The van der Waals surface area contributed by atoms with Crippen LogP contribution in [0.15, 0.2) is 41.8 Å². The molecule has 0 fully saturated rings. The van der Waals surface area contributed by atoms with Gasteiger partial charge in [-0.3, -0.25) is 4.79 Å². The summed E-state index contributed by atoms with van der Waals surface area (Å²) in [5, 5.41) is 5.45. The topological polar surface area (TPSA) is 97.4 Å². The molecule has 0 aliphatic heterocycles. The molecule has 0 saturated carbocycles. The maximum atomic E-state index is 13.6. The molecule has 0 bridgehead atoms. The first-order valence-corrected chi connectivity index (χ1v) is 11.5. The minimum Gasteiger partial charge on any atom is -0.405 e. The van der Waals surface area contributed by atoms with Crippen molar-refractivity contribution in [1.82, 2.24) is 10.3 Å². The summed E-state index contributed by atoms with van der Waals surface area (Å²) in [4.78, 5) is 15.9. The van der Waals surface area contributed by atoms with E-state index in [4.69, 9.17) is 0 Å². The molecule has 7 nitrogen and oxygen atoms in total. The summed E-state index contributed by atoms with van der Waals surface area (Å²) in [7, 11) is -3.51. The first kappa shape index (κ1) is 27.9. The zero-order valence-corrected chi connectivity index (χ0v) is 18.8. The van der Waals surface area contributed by atoms with Gasteiger partial charge in [0.25, 0.3) is 5.91 Å². The quantitative estimate of drug-likeness (QED) is 0.492. The van der Waals surface area contributed by atoms with Crippen LogP contribution in [0.2, 0.25) is 0 Å². The van der Waals surface area contributed by atoms with E-state index in [0.29, 0.717) is 24.3 Å². The van der Waals surface area contributed by atoms with Crippen molar-refractivity contribution in [2.45, 2.75) is 32.0 Å². The smallest absolute Gasteiger partial charge is 0.405 e. The fraction of sp³-hybridized carbons (Fsp3) is 0.300. The monoisotopic (exact) mass is 529 g/mol. The largest absolute Gasteiger partial charge is 0.573 e. The molecule has 2 N–H and O–H groups in total. The van der Waals surface area contributed by atoms with Gasteiger partial charge in [-0.15, -0.1) is 13.2 Å². The Hall–Kier alpha value is -3.36. The third-order valence-corrected chi connectivity index (χ3v) is 4.75. The molecule has 0 aliphatic rings. The van der Waals surface area contributed by atoms with Crippen molar-refractivity contribution in [2.75, 3.05) is 11.6 Å². The van der Waals surface area contributed by atoms with Gasteiger partial charge in [-0.25, -0.2) is 17.8 Å². The molecule has 192 valence electrons. The molecular formula is C20H18F7N3O4S. The molecule has 0 unspecified atom stereocenters. The van der Waals surface area contributed by atoms with E-state index in [0.717, 1.165) is 23.8 Å². The highest BCUT2D eigenvalue weighted by atomic mass is 32.2. The van der Waals surface area contributed by atoms with Crippen molar-refractivity contribution in [3.05, 3.63) is 64.5 Å². The molecule has 1 aromatic heterocycles. The number of carbonyl (C=O) groups is 1. The van der Waals surface area contributed by atoms with Crippen LogP contribution < -0.4 is 15.4 Å². The fourth-order valence-corrected chi connectivity index (χ4v) is 3.14. The SMILES string of the molecule is C[C@@H](/C=C/S(C)(=O)=O)NC(=O)c1ccc(C(F)(F)F)nc1NCc1cc(F)ccc1OC(F)(F)F. The molecule has 0 radical (unpaired) electrons. The number of rotatable bonds is 8. The molecule has 15 heteroatoms. The summed E-state index contributed by atoms with van der Waals surface area (Å²) in [6.07, 6.45) is -8.02. The van der Waals surface area contributed by atoms with Crippen molar-refractivity contribution >= 4 is 21.6 Å². The standard InChI is InChI=1S/C20H18F7N3O4S/c1-11(7-8-35(2,32)33)29-18(31)14-4-6-16(19(22,23)24)30-17(14)28-10-12-9-13(21)3-5-15(12)34-20(25,26)27/h3-9,11H,10H2,1-2H3,(H,28,30)(H,29,31)/b8-7+/t11-/m0/s1. The van der Waals surface area contributed by atoms with Crippen LogP contribution in [0, 0.1) is 5.82 Å². The molecule has 1 heterocycles. The number of sulfone groups is 1. The van der Waals surface area contributed by atoms with Crippen molar-refractivity contribution in [1.29, 1.82) is 0 Å². The lowest BCUT2D eigenvalue weighted by molar-refractivity contribution is -0.274. The van der Waals surface area contributed by atoms with Crippen LogP contribution in [0.25, 0.3) is 0 Å². The summed E-state index contributed by atoms with van der Waals surface area (Å²) in [5.74, 6) is -3.40. The van der Waals surface area contributed by atoms with E-state index < -0.39 is 75.1 Å². The second kappa shape index (κ2) is 10.5. The van der Waals surface area contributed by atoms with Gasteiger partial charge >= 0.3 is 12.5 Å². The summed E-state index contributed by atoms with van der Waals surface area (Å²) in [6, 6.07) is 2.46. The molecule has 0 saturated heterocycles. The van der Waals surface area contributed by atoms with Gasteiger partial charge in [0.15, 0.2) is 9.84 Å². The number of nitrogens with zero attached hydrogens (tertiary/aromatic N) is 1. The normalized spacial score (nSPS) is 13.5. The lowest BCUT2D eigenvalue weighted by Gasteiger charge is -2.17. The number of halogens is 7. The van der Waals surface area contributed by atoms with Crippen LogP contribution in [-0.4, -0.2) is 38.0 Å². The van der Waals surface area contributed by atoms with Crippen molar-refractivity contribution in [3.63, 3.8) is 0 Å². The number of pyridine rings is 1. The van der Waals surface area contributed by atoms with Crippen LogP contribution in [0.4, 0.5) is 36.6 Å². The number of carbonyl (C=O) groups excluding carboxylic acids is 1. The second-order valence-corrected chi connectivity index (χ2v) is 9.10. The highest BCUT2D eigenvalue weighted by molar-refractivity contribution is 7.93. The van der Waals surface area contributed by atoms with Crippen molar-refractivity contribution in [2.24, 2.45) is 0 Å². The molecule has 2 aromatic rings. The number of hydrogen-bond donors (Lipinski definition) is 2. The van der Waals surface area contributed by atoms with Gasteiger partial charge in [-0.2, -0.15) is 13.2 Å². The Balaban J connectivity index is 2.38. The summed E-state index contributed by atoms with van der Waals surface area (Å²) in [6.45, 7) is 0.693. The van der Waals surface area contributed by atoms with E-state index in [1.54, 1.807) is 0 Å². The molecule has 2 rings (SSSR count). The highest BCUT2D eigenvalue weighted by Crippen LogP contribution is 2.31. The predicted octanol–water partition coefficient (Wildman–Crippen LogP) is 4.43. The van der Waals surface area contributed by atoms with Crippen LogP contribution in [0.5, 0.6) is 5.75 Å². The molecule has 1 amide bonds. The molecular weight excluding hydrogens is 511 g/mol. The molecule has 1 atom stereocenters. The Morgan fingerprint density at radius 2 is 1.80 bits per heavy atom. The third-order valence-electron chi connectivity index (χ3n) is 4.10. The van der Waals surface area contributed by atoms with Gasteiger partial charge in [0.2, 0.25) is 0 Å². The molecule has 0 spiro atoms. The third kappa shape index (κ3) is 9.07. The number of nitrogens with one attached hydrogen (secondary N) is 2. The first-order chi connectivity index (χ1) is 15.9. The van der Waals surface area contributed by atoms with E-state index in [9.17, 15) is 43.9 Å². The Labute approximate surface area is 194 Å². The van der Waals surface area contributed by atoms with Crippen LogP contribution in [0.1, 0.15) is 28.5 Å². The average molecular weight is 529 g/mol. The van der Waals surface area contributed by atoms with Crippen LogP contribution in [0.3, 0.4) is 0 Å². The van der Waals surface area contributed by atoms with E-state index in [1.807, 2.05) is 0 Å². The number of benzene rings is 1. The van der Waals surface area contributed by atoms with Gasteiger partial charge in [-0.05, 0) is 37.3 Å². The highest BCUT2D eigenvalue weighted by Gasteiger charge is 2.34. The maximum absolute atomic E-state index is 13.6. The Morgan fingerprint density at radius 1 is 1.14 bits per heavy atom. The van der Waals surface area contributed by atoms with Gasteiger partial charge < -0.3 is 15.4 Å². The van der Waals surface area contributed by atoms with Gasteiger partial charge in [0.1, 0.15) is 23.1 Å². The molecule has 35 heavy (non-hydrogen) atoms. The van der Waals surface area contributed by atoms with E-state index in [2.05, 4.69) is 20.4 Å². The number of alkyl halides is 6. The maximum Gasteiger partial charge on any atom is 0.573 e. The number of anilines is 1. The van der Waals surface area contributed by atoms with Gasteiger partial charge in [0.05, 0.1) is 5.56 Å². The summed E-state index contributed by atoms with van der Waals surface area (Å²) in [5.41, 5.74) is -2.27. The first-order valence-electron chi connectivity index (χ1n) is 9.50. The number of hydrogen-bond acceptors (Lipinski definition) is 6. The van der Waals surface area contributed by atoms with E-state index in [1.165, 1.54) is 6.92 Å². The number of ether oxygens (including phenoxy) is 1. The molecule has 1 aromatic carbocycles. The van der Waals surface area contributed by atoms with Gasteiger partial charge in [0, 0.05) is 29.8 Å². The van der Waals surface area contributed by atoms with Crippen molar-refractivity contribution in [3.8, 4) is 5.75 Å². The predicted molar refractivity (Wildman–Crippen MR) is 111 cm³/mol. The minimum atomic E-state index is -5.12. The Morgan fingerprint density at radius 3 is 2.37 bits per heavy atom. The Bertz CT molecular complexity index is 1210. The molecule has 0 aliphatic carbocycles. The zero-order valence-electron chi connectivity index (χ0n) is 18.0. The lowest BCUT2D eigenvalue weighted by atomic mass is 10.1. The minimum absolute atomic E-state index is 0.419. The average Bonchev–Trinajstić information content (AvgIpc) is 2.70.